The van der Waals surface area contributed by atoms with Crippen LogP contribution in [0.15, 0.2) is 60.9 Å². The summed E-state index contributed by atoms with van der Waals surface area (Å²) in [6.07, 6.45) is -1.72. The molecule has 8 heteroatoms. The third-order valence-corrected chi connectivity index (χ3v) is 3.76. The van der Waals surface area contributed by atoms with E-state index < -0.39 is 17.6 Å². The minimum absolute atomic E-state index is 0.0465. The molecule has 138 valence electrons. The number of halogens is 3. The maximum Gasteiger partial charge on any atom is 0.416 e. The van der Waals surface area contributed by atoms with Crippen LogP contribution in [0.25, 0.3) is 0 Å². The van der Waals surface area contributed by atoms with Gasteiger partial charge in [0, 0.05) is 11.4 Å². The number of alkyl halides is 3. The van der Waals surface area contributed by atoms with Crippen molar-refractivity contribution in [1.82, 2.24) is 9.97 Å². The van der Waals surface area contributed by atoms with Gasteiger partial charge in [-0.25, -0.2) is 9.97 Å². The van der Waals surface area contributed by atoms with Crippen LogP contribution in [0.4, 0.5) is 30.4 Å². The Morgan fingerprint density at radius 3 is 2.26 bits per heavy atom. The number of hydrogen-bond acceptors (Lipinski definition) is 4. The van der Waals surface area contributed by atoms with Crippen LogP contribution in [0, 0.1) is 6.92 Å². The highest BCUT2D eigenvalue weighted by Crippen LogP contribution is 2.29. The van der Waals surface area contributed by atoms with Crippen LogP contribution >= 0.6 is 0 Å². The summed E-state index contributed by atoms with van der Waals surface area (Å²) in [5.41, 5.74) is 1.39. The molecule has 5 nitrogen and oxygen atoms in total. The molecule has 3 aromatic rings. The van der Waals surface area contributed by atoms with Gasteiger partial charge in [0.25, 0.3) is 5.91 Å². The molecular weight excluding hydrogens is 357 g/mol. The third-order valence-electron chi connectivity index (χ3n) is 3.76. The smallest absolute Gasteiger partial charge is 0.339 e. The van der Waals surface area contributed by atoms with Crippen molar-refractivity contribution in [2.45, 2.75) is 13.1 Å². The lowest BCUT2D eigenvalue weighted by molar-refractivity contribution is -0.137. The summed E-state index contributed by atoms with van der Waals surface area (Å²) >= 11 is 0. The number of para-hydroxylation sites is 1. The predicted molar refractivity (Wildman–Crippen MR) is 95.9 cm³/mol. The Labute approximate surface area is 153 Å². The SMILES string of the molecule is Cc1ccccc1Nc1cnc(C(=O)Nc2ccc(C(F)(F)F)cc2)cn1. The van der Waals surface area contributed by atoms with Gasteiger partial charge in [0.2, 0.25) is 0 Å². The molecule has 1 amide bonds. The van der Waals surface area contributed by atoms with Crippen LogP contribution in [0.2, 0.25) is 0 Å². The summed E-state index contributed by atoms with van der Waals surface area (Å²) in [7, 11) is 0. The van der Waals surface area contributed by atoms with E-state index in [-0.39, 0.29) is 11.4 Å². The number of nitrogens with zero attached hydrogens (tertiary/aromatic N) is 2. The summed E-state index contributed by atoms with van der Waals surface area (Å²) in [5, 5.41) is 5.58. The zero-order valence-corrected chi connectivity index (χ0v) is 14.2. The number of anilines is 3. The van der Waals surface area contributed by atoms with Crippen molar-refractivity contribution in [2.24, 2.45) is 0 Å². The minimum atomic E-state index is -4.42. The first-order valence-corrected chi connectivity index (χ1v) is 7.96. The molecule has 3 rings (SSSR count). The van der Waals surface area contributed by atoms with Crippen molar-refractivity contribution >= 4 is 23.1 Å². The molecule has 0 saturated carbocycles. The zero-order chi connectivity index (χ0) is 19.4. The molecular formula is C19H15F3N4O. The fourth-order valence-electron chi connectivity index (χ4n) is 2.30. The highest BCUT2D eigenvalue weighted by atomic mass is 19.4. The largest absolute Gasteiger partial charge is 0.416 e. The number of aromatic nitrogens is 2. The summed E-state index contributed by atoms with van der Waals surface area (Å²) < 4.78 is 37.7. The van der Waals surface area contributed by atoms with Crippen molar-refractivity contribution in [2.75, 3.05) is 10.6 Å². The Hall–Kier alpha value is -3.42. The molecule has 2 N–H and O–H groups in total. The van der Waals surface area contributed by atoms with Gasteiger partial charge in [-0.2, -0.15) is 13.2 Å². The topological polar surface area (TPSA) is 66.9 Å². The fraction of sp³-hybridized carbons (Fsp3) is 0.105. The second kappa shape index (κ2) is 7.45. The first kappa shape index (κ1) is 18.4. The second-order valence-corrected chi connectivity index (χ2v) is 5.76. The summed E-state index contributed by atoms with van der Waals surface area (Å²) in [5.74, 6) is -0.0971. The van der Waals surface area contributed by atoms with Gasteiger partial charge in [-0.3, -0.25) is 4.79 Å². The Morgan fingerprint density at radius 2 is 1.67 bits per heavy atom. The average molecular weight is 372 g/mol. The van der Waals surface area contributed by atoms with E-state index in [0.29, 0.717) is 5.82 Å². The Morgan fingerprint density at radius 1 is 0.963 bits per heavy atom. The first-order valence-electron chi connectivity index (χ1n) is 7.96. The molecule has 0 radical (unpaired) electrons. The number of carbonyl (C=O) groups is 1. The van der Waals surface area contributed by atoms with E-state index in [4.69, 9.17) is 0 Å². The number of aryl methyl sites for hydroxylation is 1. The fourth-order valence-corrected chi connectivity index (χ4v) is 2.30. The molecule has 0 unspecified atom stereocenters. The van der Waals surface area contributed by atoms with E-state index in [1.807, 2.05) is 31.2 Å². The predicted octanol–water partition coefficient (Wildman–Crippen LogP) is 4.80. The molecule has 27 heavy (non-hydrogen) atoms. The van der Waals surface area contributed by atoms with E-state index in [2.05, 4.69) is 20.6 Å². The summed E-state index contributed by atoms with van der Waals surface area (Å²) in [6, 6.07) is 11.8. The lowest BCUT2D eigenvalue weighted by Gasteiger charge is -2.10. The van der Waals surface area contributed by atoms with E-state index in [1.165, 1.54) is 24.5 Å². The number of nitrogens with one attached hydrogen (secondary N) is 2. The summed E-state index contributed by atoms with van der Waals surface area (Å²) in [4.78, 5) is 20.3. The van der Waals surface area contributed by atoms with Crippen LogP contribution in [-0.2, 0) is 6.18 Å². The van der Waals surface area contributed by atoms with E-state index in [1.54, 1.807) is 0 Å². The van der Waals surface area contributed by atoms with Gasteiger partial charge in [0.15, 0.2) is 0 Å². The van der Waals surface area contributed by atoms with Crippen molar-refractivity contribution < 1.29 is 18.0 Å². The molecule has 2 aromatic carbocycles. The molecule has 1 heterocycles. The Kier molecular flexibility index (Phi) is 5.07. The van der Waals surface area contributed by atoms with Gasteiger partial charge in [0.05, 0.1) is 18.0 Å². The lowest BCUT2D eigenvalue weighted by Crippen LogP contribution is -2.14. The summed E-state index contributed by atoms with van der Waals surface area (Å²) in [6.45, 7) is 1.95. The minimum Gasteiger partial charge on any atom is -0.339 e. The number of amides is 1. The van der Waals surface area contributed by atoms with Gasteiger partial charge in [-0.15, -0.1) is 0 Å². The molecule has 0 aliphatic heterocycles. The Bertz CT molecular complexity index is 938. The van der Waals surface area contributed by atoms with Crippen LogP contribution in [0.1, 0.15) is 21.6 Å². The van der Waals surface area contributed by atoms with E-state index >= 15 is 0 Å². The van der Waals surface area contributed by atoms with Crippen molar-refractivity contribution in [3.63, 3.8) is 0 Å². The normalized spacial score (nSPS) is 11.1. The van der Waals surface area contributed by atoms with Crippen molar-refractivity contribution in [1.29, 1.82) is 0 Å². The van der Waals surface area contributed by atoms with Crippen LogP contribution in [0.5, 0.6) is 0 Å². The standard InChI is InChI=1S/C19H15F3N4O/c1-12-4-2-3-5-15(12)26-17-11-23-16(10-24-17)18(27)25-14-8-6-13(7-9-14)19(20,21)22/h2-11H,1H3,(H,24,26)(H,25,27). The van der Waals surface area contributed by atoms with Crippen LogP contribution < -0.4 is 10.6 Å². The molecule has 0 aliphatic rings. The van der Waals surface area contributed by atoms with E-state index in [0.717, 1.165) is 23.4 Å². The molecule has 0 atom stereocenters. The number of rotatable bonds is 4. The Balaban J connectivity index is 1.66. The van der Waals surface area contributed by atoms with Crippen molar-refractivity contribution in [3.8, 4) is 0 Å². The monoisotopic (exact) mass is 372 g/mol. The molecule has 0 spiro atoms. The van der Waals surface area contributed by atoms with E-state index in [9.17, 15) is 18.0 Å². The average Bonchev–Trinajstić information content (AvgIpc) is 2.64. The number of benzene rings is 2. The van der Waals surface area contributed by atoms with Crippen molar-refractivity contribution in [3.05, 3.63) is 77.7 Å². The molecule has 0 aliphatic carbocycles. The second-order valence-electron chi connectivity index (χ2n) is 5.76. The van der Waals surface area contributed by atoms with Gasteiger partial charge in [0.1, 0.15) is 11.5 Å². The van der Waals surface area contributed by atoms with Gasteiger partial charge < -0.3 is 10.6 Å². The van der Waals surface area contributed by atoms with Crippen LogP contribution in [-0.4, -0.2) is 15.9 Å². The highest BCUT2D eigenvalue weighted by molar-refractivity contribution is 6.02. The van der Waals surface area contributed by atoms with Gasteiger partial charge in [-0.1, -0.05) is 18.2 Å². The first-order chi connectivity index (χ1) is 12.8. The van der Waals surface area contributed by atoms with Crippen LogP contribution in [0.3, 0.4) is 0 Å². The molecule has 0 fully saturated rings. The third kappa shape index (κ3) is 4.60. The number of hydrogen-bond donors (Lipinski definition) is 2. The quantitative estimate of drug-likeness (QED) is 0.690. The molecule has 0 bridgehead atoms. The number of carbonyl (C=O) groups excluding carboxylic acids is 1. The lowest BCUT2D eigenvalue weighted by atomic mass is 10.2. The zero-order valence-electron chi connectivity index (χ0n) is 14.2. The van der Waals surface area contributed by atoms with Gasteiger partial charge >= 0.3 is 6.18 Å². The maximum atomic E-state index is 12.6. The molecule has 1 aromatic heterocycles. The molecule has 0 saturated heterocycles. The maximum absolute atomic E-state index is 12.6. The highest BCUT2D eigenvalue weighted by Gasteiger charge is 2.30. The van der Waals surface area contributed by atoms with Gasteiger partial charge in [-0.05, 0) is 42.8 Å².